The van der Waals surface area contributed by atoms with Crippen molar-refractivity contribution in [2.24, 2.45) is 35.3 Å². The summed E-state index contributed by atoms with van der Waals surface area (Å²) in [6.45, 7) is 0.629. The molecule has 3 nitrogen and oxygen atoms in total. The third-order valence-corrected chi connectivity index (χ3v) is 8.02. The molecule has 2 aliphatic carbocycles. The number of carboxylic acids is 1. The van der Waals surface area contributed by atoms with Gasteiger partial charge in [0.1, 0.15) is 0 Å². The highest BCUT2D eigenvalue weighted by molar-refractivity contribution is 5.67. The highest BCUT2D eigenvalue weighted by Crippen LogP contribution is 2.42. The first-order chi connectivity index (χ1) is 16.2. The lowest BCUT2D eigenvalue weighted by Gasteiger charge is -2.39. The maximum Gasteiger partial charge on any atom is 0.303 e. The van der Waals surface area contributed by atoms with Gasteiger partial charge < -0.3 is 10.8 Å². The van der Waals surface area contributed by atoms with Gasteiger partial charge in [0, 0.05) is 6.42 Å². The van der Waals surface area contributed by atoms with E-state index in [2.05, 4.69) is 48.6 Å². The molecule has 1 aromatic carbocycles. The summed E-state index contributed by atoms with van der Waals surface area (Å²) in [5.41, 5.74) is 7.28. The van der Waals surface area contributed by atoms with Crippen LogP contribution in [0.25, 0.3) is 0 Å². The third kappa shape index (κ3) is 8.77. The number of rotatable bonds is 13. The van der Waals surface area contributed by atoms with E-state index < -0.39 is 5.97 Å². The number of unbranched alkanes of at least 4 members (excludes halogenated alkanes) is 1. The number of carboxylic acid groups (broad SMARTS) is 1. The molecule has 4 atom stereocenters. The van der Waals surface area contributed by atoms with Crippen molar-refractivity contribution in [2.75, 3.05) is 6.54 Å². The Bertz CT molecular complexity index is 735. The van der Waals surface area contributed by atoms with Crippen molar-refractivity contribution < 1.29 is 9.90 Å². The number of allylic oxidation sites excluding steroid dienone is 4. The van der Waals surface area contributed by atoms with Crippen LogP contribution in [0.3, 0.4) is 0 Å². The summed E-state index contributed by atoms with van der Waals surface area (Å²) in [6, 6.07) is 10.5. The number of benzene rings is 1. The number of nitrogens with two attached hydrogens (primary N) is 1. The Labute approximate surface area is 201 Å². The van der Waals surface area contributed by atoms with E-state index in [1.54, 1.807) is 0 Å². The fourth-order valence-corrected chi connectivity index (χ4v) is 6.26. The van der Waals surface area contributed by atoms with E-state index in [0.29, 0.717) is 18.4 Å². The van der Waals surface area contributed by atoms with Crippen molar-refractivity contribution in [1.29, 1.82) is 0 Å². The minimum atomic E-state index is -0.685. The Morgan fingerprint density at radius 2 is 1.64 bits per heavy atom. The molecule has 0 spiro atoms. The molecule has 3 rings (SSSR count). The van der Waals surface area contributed by atoms with Gasteiger partial charge in [0.05, 0.1) is 0 Å². The maximum absolute atomic E-state index is 11.7. The van der Waals surface area contributed by atoms with Crippen LogP contribution in [0.15, 0.2) is 54.6 Å². The van der Waals surface area contributed by atoms with Crippen LogP contribution in [-0.4, -0.2) is 17.6 Å². The molecule has 0 unspecified atom stereocenters. The van der Waals surface area contributed by atoms with Gasteiger partial charge in [0.15, 0.2) is 0 Å². The van der Waals surface area contributed by atoms with E-state index in [1.807, 2.05) is 6.07 Å². The van der Waals surface area contributed by atoms with E-state index in [1.165, 1.54) is 56.9 Å². The molecule has 1 aromatic rings. The van der Waals surface area contributed by atoms with Gasteiger partial charge in [0.2, 0.25) is 0 Å². The second kappa shape index (κ2) is 14.4. The molecule has 182 valence electrons. The number of hydrogen-bond acceptors (Lipinski definition) is 2. The minimum absolute atomic E-state index is 0.160. The van der Waals surface area contributed by atoms with Crippen LogP contribution in [-0.2, 0) is 11.2 Å². The lowest BCUT2D eigenvalue weighted by molar-refractivity contribution is -0.139. The Morgan fingerprint density at radius 3 is 2.36 bits per heavy atom. The molecule has 0 aromatic heterocycles. The molecule has 33 heavy (non-hydrogen) atoms. The Morgan fingerprint density at radius 1 is 0.909 bits per heavy atom. The second-order valence-electron chi connectivity index (χ2n) is 10.4. The lowest BCUT2D eigenvalue weighted by Crippen LogP contribution is -2.35. The smallest absolute Gasteiger partial charge is 0.303 e. The van der Waals surface area contributed by atoms with Crippen molar-refractivity contribution in [3.8, 4) is 0 Å². The molecule has 3 heteroatoms. The van der Waals surface area contributed by atoms with Crippen LogP contribution in [0, 0.1) is 29.6 Å². The molecule has 2 aliphatic rings. The number of carbonyl (C=O) groups is 1. The molecule has 0 bridgehead atoms. The SMILES string of the molecule is NCC[C@@H]1[C@@H](CC(=O)O)[C@H](Cc2ccccc2)C=C[C@H]1CCC/C=C\CCC1CCCCC1. The molecule has 0 radical (unpaired) electrons. The van der Waals surface area contributed by atoms with Gasteiger partial charge >= 0.3 is 5.97 Å². The summed E-state index contributed by atoms with van der Waals surface area (Å²) in [5.74, 6) is 1.52. The average molecular weight is 452 g/mol. The minimum Gasteiger partial charge on any atom is -0.481 e. The predicted molar refractivity (Wildman–Crippen MR) is 138 cm³/mol. The van der Waals surface area contributed by atoms with E-state index in [-0.39, 0.29) is 18.3 Å². The van der Waals surface area contributed by atoms with Crippen molar-refractivity contribution in [2.45, 2.75) is 83.5 Å². The maximum atomic E-state index is 11.7. The van der Waals surface area contributed by atoms with Crippen LogP contribution < -0.4 is 5.73 Å². The summed E-state index contributed by atoms with van der Waals surface area (Å²) in [6.07, 6.45) is 24.7. The zero-order valence-corrected chi connectivity index (χ0v) is 20.4. The highest BCUT2D eigenvalue weighted by atomic mass is 16.4. The fraction of sp³-hybridized carbons (Fsp3) is 0.633. The van der Waals surface area contributed by atoms with Gasteiger partial charge in [-0.25, -0.2) is 0 Å². The normalized spacial score (nSPS) is 26.1. The predicted octanol–water partition coefficient (Wildman–Crippen LogP) is 7.17. The summed E-state index contributed by atoms with van der Waals surface area (Å²) < 4.78 is 0. The third-order valence-electron chi connectivity index (χ3n) is 8.02. The fourth-order valence-electron chi connectivity index (χ4n) is 6.26. The van der Waals surface area contributed by atoms with Crippen molar-refractivity contribution in [1.82, 2.24) is 0 Å². The molecule has 1 saturated carbocycles. The highest BCUT2D eigenvalue weighted by Gasteiger charge is 2.36. The Balaban J connectivity index is 1.52. The zero-order chi connectivity index (χ0) is 23.3. The second-order valence-corrected chi connectivity index (χ2v) is 10.4. The first-order valence-corrected chi connectivity index (χ1v) is 13.5. The van der Waals surface area contributed by atoms with Crippen LogP contribution >= 0.6 is 0 Å². The zero-order valence-electron chi connectivity index (χ0n) is 20.4. The first kappa shape index (κ1) is 25.7. The van der Waals surface area contributed by atoms with Gasteiger partial charge in [-0.15, -0.1) is 0 Å². The van der Waals surface area contributed by atoms with Crippen molar-refractivity contribution >= 4 is 5.97 Å². The monoisotopic (exact) mass is 451 g/mol. The molecule has 0 saturated heterocycles. The summed E-state index contributed by atoms with van der Waals surface area (Å²) in [4.78, 5) is 11.7. The molecule has 3 N–H and O–H groups in total. The van der Waals surface area contributed by atoms with Gasteiger partial charge in [-0.2, -0.15) is 0 Å². The summed E-state index contributed by atoms with van der Waals surface area (Å²) in [5, 5.41) is 9.65. The van der Waals surface area contributed by atoms with E-state index in [4.69, 9.17) is 5.73 Å². The number of hydrogen-bond donors (Lipinski definition) is 2. The summed E-state index contributed by atoms with van der Waals surface area (Å²) in [7, 11) is 0. The van der Waals surface area contributed by atoms with E-state index in [0.717, 1.165) is 31.6 Å². The van der Waals surface area contributed by atoms with Crippen molar-refractivity contribution in [3.63, 3.8) is 0 Å². The number of aliphatic carboxylic acids is 1. The van der Waals surface area contributed by atoms with E-state index in [9.17, 15) is 9.90 Å². The molecule has 0 aliphatic heterocycles. The first-order valence-electron chi connectivity index (χ1n) is 13.5. The Hall–Kier alpha value is -1.87. The standard InChI is InChI=1S/C30H45NO2/c31-21-20-28-26(17-11-3-1-2-6-12-24-13-7-4-8-14-24)18-19-27(29(28)23-30(32)33)22-25-15-9-5-10-16-25/h1-2,5,9-10,15-16,18-19,24,26-29H,3-4,6-8,11-14,17,20-23,31H2,(H,32,33)/b2-1-/t26-,27+,28+,29+/m1/s1. The molecular weight excluding hydrogens is 406 g/mol. The topological polar surface area (TPSA) is 63.3 Å². The quantitative estimate of drug-likeness (QED) is 0.247. The van der Waals surface area contributed by atoms with E-state index >= 15 is 0 Å². The van der Waals surface area contributed by atoms with Gasteiger partial charge in [-0.05, 0) is 86.6 Å². The van der Waals surface area contributed by atoms with Gasteiger partial charge in [-0.1, -0.05) is 86.7 Å². The Kier molecular flexibility index (Phi) is 11.2. The largest absolute Gasteiger partial charge is 0.481 e. The molecule has 0 heterocycles. The van der Waals surface area contributed by atoms with Gasteiger partial charge in [0.25, 0.3) is 0 Å². The molecule has 0 amide bonds. The van der Waals surface area contributed by atoms with Crippen LogP contribution in [0.4, 0.5) is 0 Å². The molecule has 1 fully saturated rings. The van der Waals surface area contributed by atoms with Crippen LogP contribution in [0.1, 0.15) is 82.6 Å². The van der Waals surface area contributed by atoms with Crippen LogP contribution in [0.2, 0.25) is 0 Å². The molecular formula is C30H45NO2. The lowest BCUT2D eigenvalue weighted by atomic mass is 9.65. The average Bonchev–Trinajstić information content (AvgIpc) is 2.82. The summed E-state index contributed by atoms with van der Waals surface area (Å²) >= 11 is 0. The van der Waals surface area contributed by atoms with Crippen molar-refractivity contribution in [3.05, 3.63) is 60.2 Å². The van der Waals surface area contributed by atoms with Gasteiger partial charge in [-0.3, -0.25) is 4.79 Å². The van der Waals surface area contributed by atoms with Crippen LogP contribution in [0.5, 0.6) is 0 Å².